The summed E-state index contributed by atoms with van der Waals surface area (Å²) in [5.74, 6) is 0.505. The predicted molar refractivity (Wildman–Crippen MR) is 68.4 cm³/mol. The van der Waals surface area contributed by atoms with E-state index in [1.54, 1.807) is 7.05 Å². The lowest BCUT2D eigenvalue weighted by atomic mass is 10.1. The van der Waals surface area contributed by atoms with Crippen molar-refractivity contribution in [3.8, 4) is 0 Å². The van der Waals surface area contributed by atoms with Gasteiger partial charge in [0.05, 0.1) is 19.8 Å². The lowest BCUT2D eigenvalue weighted by Crippen LogP contribution is -2.39. The van der Waals surface area contributed by atoms with E-state index in [-0.39, 0.29) is 17.9 Å². The topological polar surface area (TPSA) is 56.8 Å². The monoisotopic (exact) mass is 259 g/mol. The minimum Gasteiger partial charge on any atom is -0.464 e. The Hall–Kier alpha value is -0.650. The number of hydrogen-bond acceptors (Lipinski definition) is 5. The van der Waals surface area contributed by atoms with Crippen LogP contribution in [0.15, 0.2) is 0 Å². The van der Waals surface area contributed by atoms with Crippen molar-refractivity contribution >= 4 is 5.97 Å². The molecule has 1 heterocycles. The van der Waals surface area contributed by atoms with Crippen LogP contribution in [0.5, 0.6) is 0 Å². The van der Waals surface area contributed by atoms with Crippen LogP contribution >= 0.6 is 0 Å². The Morgan fingerprint density at radius 1 is 1.44 bits per heavy atom. The number of carbonyl (C=O) groups excluding carboxylic acids is 1. The Bertz CT molecular complexity index is 245. The number of cyclic esters (lactones) is 1. The summed E-state index contributed by atoms with van der Waals surface area (Å²) in [6.45, 7) is 7.02. The molecule has 1 aliphatic rings. The van der Waals surface area contributed by atoms with Crippen molar-refractivity contribution in [2.24, 2.45) is 11.8 Å². The SMILES string of the molecule is CNC1COCCC(COCC(C)C)COC1=O. The van der Waals surface area contributed by atoms with E-state index >= 15 is 0 Å². The molecule has 0 radical (unpaired) electrons. The Labute approximate surface area is 109 Å². The Kier molecular flexibility index (Phi) is 7.23. The summed E-state index contributed by atoms with van der Waals surface area (Å²) in [6, 6.07) is -0.361. The summed E-state index contributed by atoms with van der Waals surface area (Å²) in [6.07, 6.45) is 0.863. The second kappa shape index (κ2) is 8.45. The minimum absolute atomic E-state index is 0.225. The molecule has 0 aromatic heterocycles. The summed E-state index contributed by atoms with van der Waals surface area (Å²) in [7, 11) is 1.73. The van der Waals surface area contributed by atoms with Crippen LogP contribution in [-0.2, 0) is 19.0 Å². The molecule has 2 atom stereocenters. The fourth-order valence-electron chi connectivity index (χ4n) is 1.71. The third-order valence-corrected chi connectivity index (χ3v) is 2.85. The van der Waals surface area contributed by atoms with E-state index in [0.29, 0.717) is 32.3 Å². The molecular formula is C13H25NO4. The number of ether oxygens (including phenoxy) is 3. The largest absolute Gasteiger partial charge is 0.464 e. The minimum atomic E-state index is -0.361. The van der Waals surface area contributed by atoms with Gasteiger partial charge in [0.15, 0.2) is 0 Å². The van der Waals surface area contributed by atoms with Crippen molar-refractivity contribution in [1.82, 2.24) is 5.32 Å². The van der Waals surface area contributed by atoms with Crippen LogP contribution in [0.2, 0.25) is 0 Å². The highest BCUT2D eigenvalue weighted by atomic mass is 16.5. The molecule has 0 aromatic rings. The summed E-state index contributed by atoms with van der Waals surface area (Å²) in [5.41, 5.74) is 0. The van der Waals surface area contributed by atoms with Crippen molar-refractivity contribution in [1.29, 1.82) is 0 Å². The molecule has 18 heavy (non-hydrogen) atoms. The first-order valence-electron chi connectivity index (χ1n) is 6.62. The van der Waals surface area contributed by atoms with E-state index < -0.39 is 0 Å². The summed E-state index contributed by atoms with van der Waals surface area (Å²) >= 11 is 0. The second-order valence-corrected chi connectivity index (χ2v) is 5.13. The molecule has 1 saturated heterocycles. The zero-order chi connectivity index (χ0) is 13.4. The van der Waals surface area contributed by atoms with Gasteiger partial charge in [-0.25, -0.2) is 0 Å². The van der Waals surface area contributed by atoms with Gasteiger partial charge in [0.2, 0.25) is 0 Å². The first kappa shape index (κ1) is 15.4. The molecule has 0 saturated carbocycles. The zero-order valence-electron chi connectivity index (χ0n) is 11.6. The molecular weight excluding hydrogens is 234 g/mol. The fourth-order valence-corrected chi connectivity index (χ4v) is 1.71. The molecule has 1 aliphatic heterocycles. The highest BCUT2D eigenvalue weighted by Crippen LogP contribution is 2.10. The molecule has 1 rings (SSSR count). The van der Waals surface area contributed by atoms with Crippen LogP contribution in [0, 0.1) is 11.8 Å². The molecule has 106 valence electrons. The van der Waals surface area contributed by atoms with Gasteiger partial charge in [-0.3, -0.25) is 4.79 Å². The first-order valence-corrected chi connectivity index (χ1v) is 6.62. The Balaban J connectivity index is 2.35. The van der Waals surface area contributed by atoms with Crippen molar-refractivity contribution in [2.75, 3.05) is 40.1 Å². The van der Waals surface area contributed by atoms with Gasteiger partial charge in [-0.1, -0.05) is 13.8 Å². The van der Waals surface area contributed by atoms with E-state index in [1.807, 2.05) is 0 Å². The maximum absolute atomic E-state index is 11.7. The molecule has 0 amide bonds. The number of likely N-dealkylation sites (N-methyl/N-ethyl adjacent to an activating group) is 1. The zero-order valence-corrected chi connectivity index (χ0v) is 11.6. The van der Waals surface area contributed by atoms with Gasteiger partial charge in [-0.15, -0.1) is 0 Å². The Morgan fingerprint density at radius 2 is 2.22 bits per heavy atom. The molecule has 0 aromatic carbocycles. The predicted octanol–water partition coefficient (Wildman–Crippen LogP) is 0.827. The van der Waals surface area contributed by atoms with Crippen LogP contribution in [0.1, 0.15) is 20.3 Å². The van der Waals surface area contributed by atoms with E-state index in [9.17, 15) is 4.79 Å². The summed E-state index contributed by atoms with van der Waals surface area (Å²) in [5, 5.41) is 2.89. The number of esters is 1. The van der Waals surface area contributed by atoms with Crippen molar-refractivity contribution < 1.29 is 19.0 Å². The first-order chi connectivity index (χ1) is 8.63. The number of rotatable bonds is 5. The van der Waals surface area contributed by atoms with Gasteiger partial charge >= 0.3 is 5.97 Å². The van der Waals surface area contributed by atoms with Crippen molar-refractivity contribution in [3.63, 3.8) is 0 Å². The molecule has 1 fully saturated rings. The average molecular weight is 259 g/mol. The van der Waals surface area contributed by atoms with Gasteiger partial charge in [-0.2, -0.15) is 0 Å². The molecule has 0 spiro atoms. The highest BCUT2D eigenvalue weighted by Gasteiger charge is 2.22. The van der Waals surface area contributed by atoms with Crippen LogP contribution in [0.4, 0.5) is 0 Å². The quantitative estimate of drug-likeness (QED) is 0.741. The molecule has 2 unspecified atom stereocenters. The van der Waals surface area contributed by atoms with Crippen molar-refractivity contribution in [2.45, 2.75) is 26.3 Å². The van der Waals surface area contributed by atoms with Crippen LogP contribution in [0.3, 0.4) is 0 Å². The van der Waals surface area contributed by atoms with Crippen molar-refractivity contribution in [3.05, 3.63) is 0 Å². The molecule has 0 aliphatic carbocycles. The Morgan fingerprint density at radius 3 is 2.89 bits per heavy atom. The number of carbonyl (C=O) groups is 1. The summed E-state index contributed by atoms with van der Waals surface area (Å²) in [4.78, 5) is 11.7. The second-order valence-electron chi connectivity index (χ2n) is 5.13. The van der Waals surface area contributed by atoms with E-state index in [0.717, 1.165) is 13.0 Å². The standard InChI is InChI=1S/C13H25NO4/c1-10(2)6-17-7-11-4-5-16-9-12(14-3)13(15)18-8-11/h10-12,14H,4-9H2,1-3H3. The van der Waals surface area contributed by atoms with E-state index in [2.05, 4.69) is 19.2 Å². The highest BCUT2D eigenvalue weighted by molar-refractivity contribution is 5.75. The molecule has 5 nitrogen and oxygen atoms in total. The van der Waals surface area contributed by atoms with Gasteiger partial charge in [-0.05, 0) is 19.4 Å². The van der Waals surface area contributed by atoms with Crippen LogP contribution < -0.4 is 5.32 Å². The molecule has 0 bridgehead atoms. The lowest BCUT2D eigenvalue weighted by Gasteiger charge is -2.17. The van der Waals surface area contributed by atoms with Gasteiger partial charge in [0.25, 0.3) is 0 Å². The smallest absolute Gasteiger partial charge is 0.325 e. The third kappa shape index (κ3) is 5.80. The van der Waals surface area contributed by atoms with Crippen LogP contribution in [0.25, 0.3) is 0 Å². The molecule has 1 N–H and O–H groups in total. The molecule has 5 heteroatoms. The van der Waals surface area contributed by atoms with Gasteiger partial charge < -0.3 is 19.5 Å². The van der Waals surface area contributed by atoms with Crippen LogP contribution in [-0.4, -0.2) is 52.1 Å². The van der Waals surface area contributed by atoms with Gasteiger partial charge in [0, 0.05) is 19.1 Å². The third-order valence-electron chi connectivity index (χ3n) is 2.85. The fraction of sp³-hybridized carbons (Fsp3) is 0.923. The average Bonchev–Trinajstić information content (AvgIpc) is 2.41. The maximum Gasteiger partial charge on any atom is 0.325 e. The number of hydrogen-bond donors (Lipinski definition) is 1. The normalized spacial score (nSPS) is 26.3. The summed E-state index contributed by atoms with van der Waals surface area (Å²) < 4.78 is 16.3. The maximum atomic E-state index is 11.7. The van der Waals surface area contributed by atoms with E-state index in [1.165, 1.54) is 0 Å². The number of nitrogens with one attached hydrogen (secondary N) is 1. The van der Waals surface area contributed by atoms with Gasteiger partial charge in [0.1, 0.15) is 6.04 Å². The van der Waals surface area contributed by atoms with E-state index in [4.69, 9.17) is 14.2 Å². The lowest BCUT2D eigenvalue weighted by molar-refractivity contribution is -0.148.